The minimum Gasteiger partial charge on any atom is -0.505 e. The molecule has 0 aliphatic heterocycles. The molecule has 82 valence electrons. The average molecular weight is 229 g/mol. The van der Waals surface area contributed by atoms with Crippen molar-refractivity contribution in [3.8, 4) is 5.75 Å². The first kappa shape index (κ1) is 11.9. The molecule has 1 rings (SSSR count). The first-order valence-corrected chi connectivity index (χ1v) is 4.90. The highest BCUT2D eigenvalue weighted by atomic mass is 35.5. The van der Waals surface area contributed by atoms with Gasteiger partial charge in [0.15, 0.2) is 0 Å². The van der Waals surface area contributed by atoms with E-state index in [2.05, 4.69) is 0 Å². The predicted octanol–water partition coefficient (Wildman–Crippen LogP) is 3.00. The van der Waals surface area contributed by atoms with Gasteiger partial charge >= 0.3 is 5.97 Å². The molecule has 0 saturated carbocycles. The van der Waals surface area contributed by atoms with Crippen LogP contribution in [0.5, 0.6) is 5.75 Å². The van der Waals surface area contributed by atoms with Crippen LogP contribution in [0.2, 0.25) is 5.02 Å². The number of ether oxygens (including phenoxy) is 1. The van der Waals surface area contributed by atoms with Gasteiger partial charge in [-0.15, -0.1) is 0 Å². The molecule has 0 unspecified atom stereocenters. The molecule has 0 bridgehead atoms. The maximum atomic E-state index is 11.6. The molecule has 1 aromatic carbocycles. The fourth-order valence-electron chi connectivity index (χ4n) is 1.01. The van der Waals surface area contributed by atoms with Gasteiger partial charge in [-0.3, -0.25) is 0 Å². The average Bonchev–Trinajstić information content (AvgIpc) is 2.06. The number of esters is 1. The summed E-state index contributed by atoms with van der Waals surface area (Å²) in [7, 11) is 0. The van der Waals surface area contributed by atoms with Crippen LogP contribution in [-0.2, 0) is 4.74 Å². The predicted molar refractivity (Wildman–Crippen MR) is 58.3 cm³/mol. The first-order chi connectivity index (χ1) is 6.81. The van der Waals surface area contributed by atoms with Gasteiger partial charge in [-0.2, -0.15) is 0 Å². The van der Waals surface area contributed by atoms with Crippen LogP contribution in [0.15, 0.2) is 18.2 Å². The lowest BCUT2D eigenvalue weighted by Gasteiger charge is -2.19. The van der Waals surface area contributed by atoms with E-state index in [1.54, 1.807) is 26.8 Å². The van der Waals surface area contributed by atoms with E-state index < -0.39 is 11.6 Å². The Morgan fingerprint density at radius 3 is 2.53 bits per heavy atom. The molecular formula is C11H13ClO3. The van der Waals surface area contributed by atoms with Crippen LogP contribution in [0, 0.1) is 0 Å². The standard InChI is InChI=1S/C11H13ClO3/c1-11(2,3)15-10(14)7-5-4-6-8(12)9(7)13/h4-6,13H,1-3H3. The minimum atomic E-state index is -0.591. The number of phenolic OH excluding ortho intramolecular Hbond substituents is 1. The second-order valence-electron chi connectivity index (χ2n) is 4.14. The minimum absolute atomic E-state index is 0.0809. The number of carbonyl (C=O) groups excluding carboxylic acids is 1. The molecule has 0 aliphatic carbocycles. The molecule has 1 aromatic rings. The van der Waals surface area contributed by atoms with Crippen molar-refractivity contribution in [3.63, 3.8) is 0 Å². The highest BCUT2D eigenvalue weighted by Crippen LogP contribution is 2.28. The summed E-state index contributed by atoms with van der Waals surface area (Å²) in [5, 5.41) is 9.67. The van der Waals surface area contributed by atoms with Crippen molar-refractivity contribution in [2.24, 2.45) is 0 Å². The van der Waals surface area contributed by atoms with E-state index in [4.69, 9.17) is 16.3 Å². The molecule has 0 radical (unpaired) electrons. The van der Waals surface area contributed by atoms with Gasteiger partial charge in [0.25, 0.3) is 0 Å². The zero-order valence-electron chi connectivity index (χ0n) is 8.87. The topological polar surface area (TPSA) is 46.5 Å². The van der Waals surface area contributed by atoms with Gasteiger partial charge in [0.2, 0.25) is 0 Å². The van der Waals surface area contributed by atoms with E-state index in [1.807, 2.05) is 0 Å². The number of aromatic hydroxyl groups is 1. The molecule has 4 heteroatoms. The second kappa shape index (κ2) is 4.11. The molecule has 3 nitrogen and oxygen atoms in total. The molecular weight excluding hydrogens is 216 g/mol. The van der Waals surface area contributed by atoms with Crippen LogP contribution in [0.1, 0.15) is 31.1 Å². The first-order valence-electron chi connectivity index (χ1n) is 4.52. The van der Waals surface area contributed by atoms with Crippen LogP contribution in [0.25, 0.3) is 0 Å². The van der Waals surface area contributed by atoms with Crippen LogP contribution in [0.3, 0.4) is 0 Å². The summed E-state index contributed by atoms with van der Waals surface area (Å²) in [5.74, 6) is -0.823. The van der Waals surface area contributed by atoms with Crippen molar-refractivity contribution in [2.45, 2.75) is 26.4 Å². The van der Waals surface area contributed by atoms with Crippen molar-refractivity contribution < 1.29 is 14.6 Å². The second-order valence-corrected chi connectivity index (χ2v) is 4.55. The van der Waals surface area contributed by atoms with Crippen LogP contribution < -0.4 is 0 Å². The van der Waals surface area contributed by atoms with Gasteiger partial charge in [0, 0.05) is 0 Å². The molecule has 0 fully saturated rings. The Morgan fingerprint density at radius 1 is 1.40 bits per heavy atom. The number of hydrogen-bond acceptors (Lipinski definition) is 3. The van der Waals surface area contributed by atoms with Crippen molar-refractivity contribution in [2.75, 3.05) is 0 Å². The number of rotatable bonds is 1. The van der Waals surface area contributed by atoms with Gasteiger partial charge in [-0.1, -0.05) is 17.7 Å². The number of hydrogen-bond donors (Lipinski definition) is 1. The largest absolute Gasteiger partial charge is 0.505 e. The molecule has 0 aromatic heterocycles. The van der Waals surface area contributed by atoms with E-state index in [0.29, 0.717) is 0 Å². The van der Waals surface area contributed by atoms with Gasteiger partial charge in [0.05, 0.1) is 5.02 Å². The van der Waals surface area contributed by atoms with E-state index in [9.17, 15) is 9.90 Å². The van der Waals surface area contributed by atoms with Gasteiger partial charge in [0.1, 0.15) is 16.9 Å². The normalized spacial score (nSPS) is 11.2. The Kier molecular flexibility index (Phi) is 3.25. The molecule has 0 saturated heterocycles. The lowest BCUT2D eigenvalue weighted by Crippen LogP contribution is -2.23. The van der Waals surface area contributed by atoms with E-state index in [0.717, 1.165) is 0 Å². The highest BCUT2D eigenvalue weighted by Gasteiger charge is 2.21. The maximum Gasteiger partial charge on any atom is 0.342 e. The molecule has 15 heavy (non-hydrogen) atoms. The van der Waals surface area contributed by atoms with Crippen molar-refractivity contribution in [1.82, 2.24) is 0 Å². The van der Waals surface area contributed by atoms with Crippen molar-refractivity contribution in [3.05, 3.63) is 28.8 Å². The monoisotopic (exact) mass is 228 g/mol. The van der Waals surface area contributed by atoms with Crippen molar-refractivity contribution in [1.29, 1.82) is 0 Å². The summed E-state index contributed by atoms with van der Waals surface area (Å²) in [6, 6.07) is 4.56. The number of halogens is 1. The quantitative estimate of drug-likeness (QED) is 0.752. The number of benzene rings is 1. The van der Waals surface area contributed by atoms with E-state index in [-0.39, 0.29) is 16.3 Å². The Labute approximate surface area is 93.6 Å². The molecule has 0 atom stereocenters. The van der Waals surface area contributed by atoms with E-state index >= 15 is 0 Å². The number of phenols is 1. The summed E-state index contributed by atoms with van der Waals surface area (Å²) in [6.45, 7) is 5.27. The summed E-state index contributed by atoms with van der Waals surface area (Å²) in [6.07, 6.45) is 0. The Balaban J connectivity index is 2.97. The zero-order chi connectivity index (χ0) is 11.6. The smallest absolute Gasteiger partial charge is 0.342 e. The van der Waals surface area contributed by atoms with E-state index in [1.165, 1.54) is 12.1 Å². The fraction of sp³-hybridized carbons (Fsp3) is 0.364. The third-order valence-electron chi connectivity index (χ3n) is 1.61. The van der Waals surface area contributed by atoms with Gasteiger partial charge in [-0.05, 0) is 32.9 Å². The number of para-hydroxylation sites is 1. The lowest BCUT2D eigenvalue weighted by atomic mass is 10.1. The zero-order valence-corrected chi connectivity index (χ0v) is 9.63. The summed E-state index contributed by atoms with van der Waals surface area (Å²) < 4.78 is 5.10. The molecule has 1 N–H and O–H groups in total. The van der Waals surface area contributed by atoms with Crippen molar-refractivity contribution >= 4 is 17.6 Å². The van der Waals surface area contributed by atoms with Crippen LogP contribution in [-0.4, -0.2) is 16.7 Å². The Hall–Kier alpha value is -1.22. The van der Waals surface area contributed by atoms with Crippen LogP contribution >= 0.6 is 11.6 Å². The number of carbonyl (C=O) groups is 1. The van der Waals surface area contributed by atoms with Gasteiger partial charge < -0.3 is 9.84 Å². The molecule has 0 aliphatic rings. The SMILES string of the molecule is CC(C)(C)OC(=O)c1cccc(Cl)c1O. The molecule has 0 amide bonds. The van der Waals surface area contributed by atoms with Crippen LogP contribution in [0.4, 0.5) is 0 Å². The third-order valence-corrected chi connectivity index (χ3v) is 1.91. The summed E-state index contributed by atoms with van der Waals surface area (Å²) in [4.78, 5) is 11.6. The lowest BCUT2D eigenvalue weighted by molar-refractivity contribution is 0.00668. The van der Waals surface area contributed by atoms with Gasteiger partial charge in [-0.25, -0.2) is 4.79 Å². The molecule has 0 heterocycles. The Morgan fingerprint density at radius 2 is 2.00 bits per heavy atom. The highest BCUT2D eigenvalue weighted by molar-refractivity contribution is 6.32. The molecule has 0 spiro atoms. The fourth-order valence-corrected chi connectivity index (χ4v) is 1.19. The maximum absolute atomic E-state index is 11.6. The summed E-state index contributed by atoms with van der Waals surface area (Å²) in [5.41, 5.74) is -0.510. The third kappa shape index (κ3) is 3.13. The Bertz CT molecular complexity index is 380. The summed E-state index contributed by atoms with van der Waals surface area (Å²) >= 11 is 5.67.